The molecule has 0 saturated carbocycles. The summed E-state index contributed by atoms with van der Waals surface area (Å²) in [6, 6.07) is -4.67. The standard InChI is InChI=1S/C17H28N6O6S2/c1-31-3-2-10(18)14(25)22-12(6-24)16(27)21-11(4-9-5-19-8-20-9)15(26)23-13(7-30)17(28)29/h5,8,10-13,24,30H,2-4,6-7,18H2,1H3,(H,19,20)(H,21,27)(H,22,25)(H,23,26)(H,28,29). The molecule has 0 saturated heterocycles. The van der Waals surface area contributed by atoms with Crippen molar-refractivity contribution in [3.05, 3.63) is 18.2 Å². The summed E-state index contributed by atoms with van der Waals surface area (Å²) in [6.07, 6.45) is 5.04. The van der Waals surface area contributed by atoms with Crippen molar-refractivity contribution < 1.29 is 29.4 Å². The number of nitrogens with one attached hydrogen (secondary N) is 4. The summed E-state index contributed by atoms with van der Waals surface area (Å²) >= 11 is 5.40. The highest BCUT2D eigenvalue weighted by Crippen LogP contribution is 2.03. The summed E-state index contributed by atoms with van der Waals surface area (Å²) in [6.45, 7) is -0.723. The number of aliphatic hydroxyl groups is 1. The number of amides is 3. The fraction of sp³-hybridized carbons (Fsp3) is 0.588. The van der Waals surface area contributed by atoms with E-state index in [9.17, 15) is 24.3 Å². The maximum absolute atomic E-state index is 12.6. The molecule has 14 heteroatoms. The van der Waals surface area contributed by atoms with E-state index in [1.165, 1.54) is 24.3 Å². The third kappa shape index (κ3) is 9.16. The number of hydrogen-bond donors (Lipinski definition) is 8. The van der Waals surface area contributed by atoms with Gasteiger partial charge >= 0.3 is 5.97 Å². The molecule has 31 heavy (non-hydrogen) atoms. The third-order valence-corrected chi connectivity index (χ3v) is 5.20. The normalized spacial score (nSPS) is 14.7. The Bertz CT molecular complexity index is 735. The van der Waals surface area contributed by atoms with E-state index in [1.807, 2.05) is 6.26 Å². The lowest BCUT2D eigenvalue weighted by atomic mass is 10.1. The molecule has 8 N–H and O–H groups in total. The fourth-order valence-electron chi connectivity index (χ4n) is 2.40. The Balaban J connectivity index is 2.87. The lowest BCUT2D eigenvalue weighted by molar-refractivity contribution is -0.141. The van der Waals surface area contributed by atoms with E-state index in [-0.39, 0.29) is 12.2 Å². The maximum atomic E-state index is 12.6. The van der Waals surface area contributed by atoms with E-state index >= 15 is 0 Å². The van der Waals surface area contributed by atoms with Gasteiger partial charge in [0.2, 0.25) is 17.7 Å². The smallest absolute Gasteiger partial charge is 0.327 e. The number of thioether (sulfide) groups is 1. The number of aromatic amines is 1. The molecule has 0 aliphatic rings. The highest BCUT2D eigenvalue weighted by molar-refractivity contribution is 7.98. The molecule has 1 aromatic rings. The van der Waals surface area contributed by atoms with Crippen LogP contribution in [0.4, 0.5) is 0 Å². The summed E-state index contributed by atoms with van der Waals surface area (Å²) in [4.78, 5) is 55.2. The minimum atomic E-state index is -1.34. The monoisotopic (exact) mass is 476 g/mol. The predicted octanol–water partition coefficient (Wildman–Crippen LogP) is -2.51. The number of carbonyl (C=O) groups excluding carboxylic acids is 3. The lowest BCUT2D eigenvalue weighted by Crippen LogP contribution is -2.58. The predicted molar refractivity (Wildman–Crippen MR) is 118 cm³/mol. The lowest BCUT2D eigenvalue weighted by Gasteiger charge is -2.24. The topological polar surface area (TPSA) is 200 Å². The number of aliphatic hydroxyl groups excluding tert-OH is 1. The minimum absolute atomic E-state index is 0.0319. The van der Waals surface area contributed by atoms with Crippen molar-refractivity contribution in [2.45, 2.75) is 37.0 Å². The molecule has 1 rings (SSSR count). The molecule has 0 aromatic carbocycles. The van der Waals surface area contributed by atoms with Crippen LogP contribution in [0.25, 0.3) is 0 Å². The van der Waals surface area contributed by atoms with E-state index in [4.69, 9.17) is 10.8 Å². The number of carboxylic acids is 1. The van der Waals surface area contributed by atoms with Gasteiger partial charge in [-0.3, -0.25) is 14.4 Å². The molecule has 4 atom stereocenters. The molecule has 0 fully saturated rings. The Labute approximate surface area is 188 Å². The number of aliphatic carboxylic acids is 1. The van der Waals surface area contributed by atoms with Crippen LogP contribution in [0.5, 0.6) is 0 Å². The summed E-state index contributed by atoms with van der Waals surface area (Å²) in [5.41, 5.74) is 6.27. The number of nitrogens with two attached hydrogens (primary N) is 1. The van der Waals surface area contributed by atoms with Gasteiger partial charge in [0.1, 0.15) is 18.1 Å². The Kier molecular flexibility index (Phi) is 12.0. The number of imidazole rings is 1. The number of H-pyrrole nitrogens is 1. The number of carboxylic acid groups (broad SMARTS) is 1. The number of rotatable bonds is 14. The van der Waals surface area contributed by atoms with Crippen molar-refractivity contribution in [2.24, 2.45) is 5.73 Å². The first kappa shape index (κ1) is 26.7. The quantitative estimate of drug-likeness (QED) is 0.134. The zero-order valence-electron chi connectivity index (χ0n) is 16.9. The van der Waals surface area contributed by atoms with Gasteiger partial charge in [0.25, 0.3) is 0 Å². The van der Waals surface area contributed by atoms with Gasteiger partial charge in [-0.2, -0.15) is 24.4 Å². The van der Waals surface area contributed by atoms with Gasteiger partial charge < -0.3 is 36.9 Å². The Morgan fingerprint density at radius 2 is 1.77 bits per heavy atom. The van der Waals surface area contributed by atoms with Crippen LogP contribution in [0.2, 0.25) is 0 Å². The molecular formula is C17H28N6O6S2. The van der Waals surface area contributed by atoms with Crippen LogP contribution in [0.1, 0.15) is 12.1 Å². The van der Waals surface area contributed by atoms with Gasteiger partial charge in [0.05, 0.1) is 19.0 Å². The summed E-state index contributed by atoms with van der Waals surface area (Å²) in [7, 11) is 0. The van der Waals surface area contributed by atoms with E-state index in [2.05, 4.69) is 38.5 Å². The van der Waals surface area contributed by atoms with Crippen molar-refractivity contribution in [1.82, 2.24) is 25.9 Å². The zero-order valence-corrected chi connectivity index (χ0v) is 18.6. The second-order valence-electron chi connectivity index (χ2n) is 6.56. The number of thiol groups is 1. The fourth-order valence-corrected chi connectivity index (χ4v) is 3.14. The molecule has 3 amide bonds. The Morgan fingerprint density at radius 3 is 2.29 bits per heavy atom. The third-order valence-electron chi connectivity index (χ3n) is 4.19. The molecule has 12 nitrogen and oxygen atoms in total. The molecule has 1 aromatic heterocycles. The Morgan fingerprint density at radius 1 is 1.16 bits per heavy atom. The van der Waals surface area contributed by atoms with Gasteiger partial charge in [-0.25, -0.2) is 9.78 Å². The molecule has 1 heterocycles. The molecule has 0 aliphatic carbocycles. The summed E-state index contributed by atoms with van der Waals surface area (Å²) < 4.78 is 0. The van der Waals surface area contributed by atoms with Gasteiger partial charge in [-0.05, 0) is 18.4 Å². The summed E-state index contributed by atoms with van der Waals surface area (Å²) in [5, 5.41) is 25.7. The maximum Gasteiger partial charge on any atom is 0.327 e. The second kappa shape index (κ2) is 13.9. The van der Waals surface area contributed by atoms with Gasteiger partial charge in [-0.1, -0.05) is 0 Å². The van der Waals surface area contributed by atoms with E-state index in [0.29, 0.717) is 17.9 Å². The van der Waals surface area contributed by atoms with Crippen LogP contribution in [-0.2, 0) is 25.6 Å². The first-order valence-corrected chi connectivity index (χ1v) is 11.3. The van der Waals surface area contributed by atoms with Crippen LogP contribution in [0, 0.1) is 0 Å². The van der Waals surface area contributed by atoms with Crippen LogP contribution in [0.3, 0.4) is 0 Å². The van der Waals surface area contributed by atoms with Crippen molar-refractivity contribution in [3.63, 3.8) is 0 Å². The molecule has 0 radical (unpaired) electrons. The molecular weight excluding hydrogens is 448 g/mol. The largest absolute Gasteiger partial charge is 0.480 e. The van der Waals surface area contributed by atoms with Crippen molar-refractivity contribution in [1.29, 1.82) is 0 Å². The number of nitrogens with zero attached hydrogens (tertiary/aromatic N) is 1. The minimum Gasteiger partial charge on any atom is -0.480 e. The summed E-state index contributed by atoms with van der Waals surface area (Å²) in [5.74, 6) is -3.01. The Hall–Kier alpha value is -2.29. The van der Waals surface area contributed by atoms with E-state index in [1.54, 1.807) is 0 Å². The SMILES string of the molecule is CSCCC(N)C(=O)NC(CO)C(=O)NC(Cc1cnc[nH]1)C(=O)NC(CS)C(=O)O. The second-order valence-corrected chi connectivity index (χ2v) is 7.91. The van der Waals surface area contributed by atoms with Crippen LogP contribution in [0.15, 0.2) is 12.5 Å². The average molecular weight is 477 g/mol. The number of aromatic nitrogens is 2. The van der Waals surface area contributed by atoms with Crippen molar-refractivity contribution >= 4 is 48.1 Å². The first-order valence-electron chi connectivity index (χ1n) is 9.30. The molecule has 0 spiro atoms. The van der Waals surface area contributed by atoms with Crippen LogP contribution in [-0.4, -0.2) is 92.4 Å². The zero-order chi connectivity index (χ0) is 23.4. The van der Waals surface area contributed by atoms with E-state index in [0.717, 1.165) is 0 Å². The van der Waals surface area contributed by atoms with Gasteiger partial charge in [0, 0.05) is 24.1 Å². The highest BCUT2D eigenvalue weighted by atomic mass is 32.2. The van der Waals surface area contributed by atoms with Crippen molar-refractivity contribution in [2.75, 3.05) is 24.4 Å². The van der Waals surface area contributed by atoms with Crippen LogP contribution >= 0.6 is 24.4 Å². The van der Waals surface area contributed by atoms with E-state index < -0.39 is 54.5 Å². The van der Waals surface area contributed by atoms with Crippen molar-refractivity contribution in [3.8, 4) is 0 Å². The molecule has 0 bridgehead atoms. The highest BCUT2D eigenvalue weighted by Gasteiger charge is 2.30. The molecule has 4 unspecified atom stereocenters. The average Bonchev–Trinajstić information content (AvgIpc) is 3.25. The molecule has 0 aliphatic heterocycles. The number of hydrogen-bond acceptors (Lipinski definition) is 9. The first-order chi connectivity index (χ1) is 14.7. The van der Waals surface area contributed by atoms with Gasteiger partial charge in [-0.15, -0.1) is 0 Å². The van der Waals surface area contributed by atoms with Gasteiger partial charge in [0.15, 0.2) is 0 Å². The van der Waals surface area contributed by atoms with Crippen LogP contribution < -0.4 is 21.7 Å². The number of carbonyl (C=O) groups is 4. The molecule has 174 valence electrons.